The average molecular weight is 326 g/mol. The van der Waals surface area contributed by atoms with Gasteiger partial charge in [0.1, 0.15) is 5.60 Å². The van der Waals surface area contributed by atoms with Gasteiger partial charge in [-0.3, -0.25) is 9.59 Å². The van der Waals surface area contributed by atoms with Gasteiger partial charge in [-0.25, -0.2) is 0 Å². The number of hydrogen-bond donors (Lipinski definition) is 0. The molecular weight excluding hydrogens is 300 g/mol. The number of carbonyl (C=O) groups is 2. The van der Waals surface area contributed by atoms with Gasteiger partial charge in [-0.15, -0.1) is 0 Å². The van der Waals surface area contributed by atoms with Crippen molar-refractivity contribution in [1.82, 2.24) is 9.80 Å². The number of ether oxygens (including phenoxy) is 3. The molecule has 0 aromatic heterocycles. The third-order valence-corrected chi connectivity index (χ3v) is 4.93. The molecular formula is C16H26N2O5. The number of nitrogens with zero attached hydrogens (tertiary/aromatic N) is 2. The van der Waals surface area contributed by atoms with Crippen LogP contribution in [0.2, 0.25) is 0 Å². The van der Waals surface area contributed by atoms with E-state index in [2.05, 4.69) is 0 Å². The van der Waals surface area contributed by atoms with E-state index >= 15 is 0 Å². The van der Waals surface area contributed by atoms with E-state index in [1.807, 2.05) is 4.90 Å². The Bertz CT molecular complexity index is 452. The molecule has 23 heavy (non-hydrogen) atoms. The Kier molecular flexibility index (Phi) is 5.18. The first-order chi connectivity index (χ1) is 11.1. The van der Waals surface area contributed by atoms with Crippen LogP contribution >= 0.6 is 0 Å². The Morgan fingerprint density at radius 3 is 2.39 bits per heavy atom. The predicted molar refractivity (Wildman–Crippen MR) is 81.9 cm³/mol. The van der Waals surface area contributed by atoms with Crippen LogP contribution in [0.5, 0.6) is 0 Å². The first-order valence-corrected chi connectivity index (χ1v) is 8.43. The second-order valence-electron chi connectivity index (χ2n) is 6.67. The average Bonchev–Trinajstić information content (AvgIpc) is 2.78. The van der Waals surface area contributed by atoms with Crippen LogP contribution in [0.25, 0.3) is 0 Å². The first-order valence-electron chi connectivity index (χ1n) is 8.43. The highest BCUT2D eigenvalue weighted by Gasteiger charge is 2.43. The van der Waals surface area contributed by atoms with E-state index in [1.165, 1.54) is 0 Å². The van der Waals surface area contributed by atoms with Crippen LogP contribution in [-0.2, 0) is 23.8 Å². The fraction of sp³-hybridized carbons (Fsp3) is 0.875. The quantitative estimate of drug-likeness (QED) is 0.672. The van der Waals surface area contributed by atoms with Crippen LogP contribution in [0.1, 0.15) is 19.8 Å². The molecule has 0 bridgehead atoms. The van der Waals surface area contributed by atoms with Crippen LogP contribution in [0.4, 0.5) is 0 Å². The van der Waals surface area contributed by atoms with Gasteiger partial charge in [0.05, 0.1) is 32.9 Å². The van der Waals surface area contributed by atoms with Crippen LogP contribution in [0.3, 0.4) is 0 Å². The van der Waals surface area contributed by atoms with Crippen LogP contribution < -0.4 is 0 Å². The van der Waals surface area contributed by atoms with Gasteiger partial charge in [0, 0.05) is 39.1 Å². The van der Waals surface area contributed by atoms with Crippen LogP contribution in [-0.4, -0.2) is 86.4 Å². The number of carbonyl (C=O) groups excluding carboxylic acids is 2. The maximum absolute atomic E-state index is 12.8. The van der Waals surface area contributed by atoms with E-state index in [4.69, 9.17) is 14.2 Å². The number of morpholine rings is 1. The van der Waals surface area contributed by atoms with Crippen LogP contribution in [0, 0.1) is 5.92 Å². The van der Waals surface area contributed by atoms with Gasteiger partial charge in [0.15, 0.2) is 0 Å². The van der Waals surface area contributed by atoms with Crippen molar-refractivity contribution < 1.29 is 23.8 Å². The molecule has 3 heterocycles. The van der Waals surface area contributed by atoms with Crippen molar-refractivity contribution in [1.29, 1.82) is 0 Å². The SMILES string of the molecule is CC(=O)N1CCOCC2(C1)CN(C(=O)C1CCOCC1)CCO2. The Balaban J connectivity index is 1.68. The summed E-state index contributed by atoms with van der Waals surface area (Å²) in [5.41, 5.74) is -0.596. The summed E-state index contributed by atoms with van der Waals surface area (Å²) in [6.45, 7) is 6.48. The van der Waals surface area contributed by atoms with Crippen molar-refractivity contribution in [3.05, 3.63) is 0 Å². The molecule has 0 aromatic rings. The molecule has 0 radical (unpaired) electrons. The van der Waals surface area contributed by atoms with Gasteiger partial charge in [-0.1, -0.05) is 0 Å². The van der Waals surface area contributed by atoms with Gasteiger partial charge in [-0.05, 0) is 12.8 Å². The van der Waals surface area contributed by atoms with E-state index in [0.717, 1.165) is 12.8 Å². The Morgan fingerprint density at radius 1 is 0.957 bits per heavy atom. The molecule has 1 spiro atoms. The summed E-state index contributed by atoms with van der Waals surface area (Å²) in [6, 6.07) is 0. The number of amides is 2. The molecule has 3 aliphatic heterocycles. The van der Waals surface area contributed by atoms with E-state index in [1.54, 1.807) is 11.8 Å². The minimum absolute atomic E-state index is 0.0198. The molecule has 1 unspecified atom stereocenters. The molecule has 130 valence electrons. The predicted octanol–water partition coefficient (Wildman–Crippen LogP) is -0.111. The molecule has 3 saturated heterocycles. The van der Waals surface area contributed by atoms with Crippen molar-refractivity contribution in [3.63, 3.8) is 0 Å². The standard InChI is InChI=1S/C16H26N2O5/c1-13(19)17-4-8-22-12-16(10-17)11-18(5-9-23-16)15(20)14-2-6-21-7-3-14/h14H,2-12H2,1H3. The molecule has 7 nitrogen and oxygen atoms in total. The maximum atomic E-state index is 12.8. The zero-order valence-electron chi connectivity index (χ0n) is 13.8. The van der Waals surface area contributed by atoms with Crippen molar-refractivity contribution >= 4 is 11.8 Å². The van der Waals surface area contributed by atoms with Gasteiger partial charge >= 0.3 is 0 Å². The lowest BCUT2D eigenvalue weighted by Crippen LogP contribution is -2.61. The first kappa shape index (κ1) is 16.7. The summed E-state index contributed by atoms with van der Waals surface area (Å²) >= 11 is 0. The molecule has 2 amide bonds. The third kappa shape index (κ3) is 3.84. The topological polar surface area (TPSA) is 68.3 Å². The largest absolute Gasteiger partial charge is 0.381 e. The summed E-state index contributed by atoms with van der Waals surface area (Å²) in [5, 5.41) is 0. The highest BCUT2D eigenvalue weighted by molar-refractivity contribution is 5.79. The minimum Gasteiger partial charge on any atom is -0.381 e. The molecule has 0 N–H and O–H groups in total. The molecule has 1 atom stereocenters. The number of hydrogen-bond acceptors (Lipinski definition) is 5. The van der Waals surface area contributed by atoms with Gasteiger partial charge in [0.2, 0.25) is 11.8 Å². The monoisotopic (exact) mass is 326 g/mol. The highest BCUT2D eigenvalue weighted by atomic mass is 16.5. The fourth-order valence-electron chi connectivity index (χ4n) is 3.59. The molecule has 3 aliphatic rings. The van der Waals surface area contributed by atoms with Gasteiger partial charge < -0.3 is 24.0 Å². The summed E-state index contributed by atoms with van der Waals surface area (Å²) in [4.78, 5) is 28.2. The maximum Gasteiger partial charge on any atom is 0.226 e. The van der Waals surface area contributed by atoms with Crippen LogP contribution in [0.15, 0.2) is 0 Å². The van der Waals surface area contributed by atoms with E-state index < -0.39 is 5.60 Å². The minimum atomic E-state index is -0.596. The lowest BCUT2D eigenvalue weighted by molar-refractivity contribution is -0.167. The molecule has 0 aliphatic carbocycles. The van der Waals surface area contributed by atoms with E-state index in [9.17, 15) is 9.59 Å². The zero-order valence-corrected chi connectivity index (χ0v) is 13.8. The summed E-state index contributed by atoms with van der Waals surface area (Å²) in [6.07, 6.45) is 1.58. The third-order valence-electron chi connectivity index (χ3n) is 4.93. The van der Waals surface area contributed by atoms with Crippen molar-refractivity contribution in [3.8, 4) is 0 Å². The van der Waals surface area contributed by atoms with Crippen molar-refractivity contribution in [2.75, 3.05) is 59.2 Å². The molecule has 0 saturated carbocycles. The fourth-order valence-corrected chi connectivity index (χ4v) is 3.59. The second kappa shape index (κ2) is 7.15. The lowest BCUT2D eigenvalue weighted by atomic mass is 9.96. The van der Waals surface area contributed by atoms with E-state index in [0.29, 0.717) is 59.2 Å². The molecule has 3 rings (SSSR count). The molecule has 7 heteroatoms. The zero-order chi connectivity index (χ0) is 16.3. The van der Waals surface area contributed by atoms with Crippen molar-refractivity contribution in [2.45, 2.75) is 25.4 Å². The Morgan fingerprint density at radius 2 is 1.65 bits per heavy atom. The van der Waals surface area contributed by atoms with Crippen molar-refractivity contribution in [2.24, 2.45) is 5.92 Å². The number of rotatable bonds is 1. The highest BCUT2D eigenvalue weighted by Crippen LogP contribution is 2.26. The Hall–Kier alpha value is -1.18. The normalized spacial score (nSPS) is 30.3. The summed E-state index contributed by atoms with van der Waals surface area (Å²) < 4.78 is 17.0. The van der Waals surface area contributed by atoms with Gasteiger partial charge in [0.25, 0.3) is 0 Å². The summed E-state index contributed by atoms with van der Waals surface area (Å²) in [5.74, 6) is 0.260. The Labute approximate surface area is 136 Å². The summed E-state index contributed by atoms with van der Waals surface area (Å²) in [7, 11) is 0. The van der Waals surface area contributed by atoms with Gasteiger partial charge in [-0.2, -0.15) is 0 Å². The second-order valence-corrected chi connectivity index (χ2v) is 6.67. The smallest absolute Gasteiger partial charge is 0.226 e. The lowest BCUT2D eigenvalue weighted by Gasteiger charge is -2.44. The van der Waals surface area contributed by atoms with E-state index in [-0.39, 0.29) is 17.7 Å². The molecule has 0 aromatic carbocycles. The molecule has 3 fully saturated rings.